The quantitative estimate of drug-likeness (QED) is 0.367. The lowest BCUT2D eigenvalue weighted by Gasteiger charge is -2.32. The van der Waals surface area contributed by atoms with Crippen LogP contribution in [0.1, 0.15) is 0 Å². The smallest absolute Gasteiger partial charge is 0.257 e. The fourth-order valence-corrected chi connectivity index (χ4v) is 2.52. The number of carbonyl (C=O) groups is 1. The third-order valence-corrected chi connectivity index (χ3v) is 3.60. The summed E-state index contributed by atoms with van der Waals surface area (Å²) in [6, 6.07) is 0. The normalized spacial score (nSPS) is 31.5. The summed E-state index contributed by atoms with van der Waals surface area (Å²) in [5.41, 5.74) is 6.12. The lowest BCUT2D eigenvalue weighted by atomic mass is 10.1. The number of fused-ring (bicyclic) bond motifs is 1. The van der Waals surface area contributed by atoms with Crippen LogP contribution in [0.15, 0.2) is 12.7 Å². The maximum atomic E-state index is 11.0. The summed E-state index contributed by atoms with van der Waals surface area (Å²) in [7, 11) is 0. The minimum absolute atomic E-state index is 0.108. The molecule has 1 aliphatic rings. The van der Waals surface area contributed by atoms with Crippen LogP contribution in [-0.2, 0) is 15.4 Å². The van der Waals surface area contributed by atoms with Crippen molar-refractivity contribution in [3.05, 3.63) is 12.7 Å². The molecule has 0 saturated carbocycles. The van der Waals surface area contributed by atoms with Gasteiger partial charge in [0, 0.05) is 0 Å². The van der Waals surface area contributed by atoms with Gasteiger partial charge < -0.3 is 31.1 Å². The van der Waals surface area contributed by atoms with Gasteiger partial charge >= 0.3 is 0 Å². The largest absolute Gasteiger partial charge is 0.394 e. The Morgan fingerprint density at radius 1 is 1.45 bits per heavy atom. The van der Waals surface area contributed by atoms with Gasteiger partial charge in [-0.3, -0.25) is 9.36 Å². The number of aliphatic hydroxyl groups excluding tert-OH is 3. The topological polar surface area (TPSA) is 169 Å². The molecular weight excluding hydrogens is 296 g/mol. The Morgan fingerprint density at radius 2 is 2.23 bits per heavy atom. The molecule has 0 aromatic carbocycles. The number of aliphatic hydroxyl groups is 3. The zero-order valence-electron chi connectivity index (χ0n) is 11.2. The second kappa shape index (κ2) is 5.14. The van der Waals surface area contributed by atoms with Gasteiger partial charge in [0.1, 0.15) is 30.4 Å². The van der Waals surface area contributed by atoms with Crippen molar-refractivity contribution in [3.63, 3.8) is 0 Å². The fraction of sp³-hybridized carbons (Fsp3) is 0.455. The molecule has 1 fully saturated rings. The molecule has 11 nitrogen and oxygen atoms in total. The summed E-state index contributed by atoms with van der Waals surface area (Å²) in [5, 5.41) is 31.8. The maximum Gasteiger partial charge on any atom is 0.257 e. The van der Waals surface area contributed by atoms with Crippen LogP contribution in [0.25, 0.3) is 11.2 Å². The molecule has 118 valence electrons. The van der Waals surface area contributed by atoms with Gasteiger partial charge in [0.05, 0.1) is 6.61 Å². The SMILES string of the molecule is Nc1ncnc2c1ncn2[C@]1(NC=O)O[C@H](CO)[C@@H](O)[C@H]1O. The monoisotopic (exact) mass is 310 g/mol. The molecule has 0 spiro atoms. The number of anilines is 1. The number of nitrogens with two attached hydrogens (primary N) is 1. The number of nitrogens with zero attached hydrogens (tertiary/aromatic N) is 4. The second-order valence-electron chi connectivity index (χ2n) is 4.78. The third-order valence-electron chi connectivity index (χ3n) is 3.60. The Labute approximate surface area is 123 Å². The molecule has 4 atom stereocenters. The molecule has 0 bridgehead atoms. The van der Waals surface area contributed by atoms with Gasteiger partial charge in [-0.25, -0.2) is 15.0 Å². The number of imidazole rings is 1. The molecule has 3 heterocycles. The fourth-order valence-electron chi connectivity index (χ4n) is 2.52. The lowest BCUT2D eigenvalue weighted by Crippen LogP contribution is -2.55. The molecule has 1 amide bonds. The zero-order valence-corrected chi connectivity index (χ0v) is 11.2. The summed E-state index contributed by atoms with van der Waals surface area (Å²) in [6.45, 7) is -0.551. The highest BCUT2D eigenvalue weighted by atomic mass is 16.6. The average Bonchev–Trinajstić information content (AvgIpc) is 3.04. The van der Waals surface area contributed by atoms with E-state index in [1.165, 1.54) is 17.2 Å². The molecule has 0 aliphatic carbocycles. The van der Waals surface area contributed by atoms with Crippen molar-refractivity contribution in [3.8, 4) is 0 Å². The maximum absolute atomic E-state index is 11.0. The minimum atomic E-state index is -1.87. The number of aromatic nitrogens is 4. The van der Waals surface area contributed by atoms with Crippen molar-refractivity contribution in [1.29, 1.82) is 0 Å². The van der Waals surface area contributed by atoms with Crippen LogP contribution < -0.4 is 11.1 Å². The summed E-state index contributed by atoms with van der Waals surface area (Å²) in [4.78, 5) is 22.8. The van der Waals surface area contributed by atoms with E-state index in [4.69, 9.17) is 10.5 Å². The summed E-state index contributed by atoms with van der Waals surface area (Å²) < 4.78 is 6.71. The highest BCUT2D eigenvalue weighted by Crippen LogP contribution is 2.35. The summed E-state index contributed by atoms with van der Waals surface area (Å²) >= 11 is 0. The number of carbonyl (C=O) groups excluding carboxylic acids is 1. The van der Waals surface area contributed by atoms with Gasteiger partial charge in [-0.2, -0.15) is 0 Å². The van der Waals surface area contributed by atoms with Gasteiger partial charge in [0.25, 0.3) is 5.85 Å². The molecule has 22 heavy (non-hydrogen) atoms. The summed E-state index contributed by atoms with van der Waals surface area (Å²) in [5.74, 6) is -1.76. The second-order valence-corrected chi connectivity index (χ2v) is 4.78. The first kappa shape index (κ1) is 14.6. The van der Waals surface area contributed by atoms with Crippen molar-refractivity contribution in [2.24, 2.45) is 0 Å². The Bertz CT molecular complexity index is 707. The predicted molar refractivity (Wildman–Crippen MR) is 70.9 cm³/mol. The zero-order chi connectivity index (χ0) is 15.9. The van der Waals surface area contributed by atoms with Crippen molar-refractivity contribution in [2.75, 3.05) is 12.3 Å². The molecule has 6 N–H and O–H groups in total. The van der Waals surface area contributed by atoms with E-state index in [1.54, 1.807) is 0 Å². The lowest BCUT2D eigenvalue weighted by molar-refractivity contribution is -0.170. The van der Waals surface area contributed by atoms with Gasteiger partial charge in [-0.15, -0.1) is 0 Å². The number of hydrogen-bond donors (Lipinski definition) is 5. The molecule has 0 unspecified atom stereocenters. The van der Waals surface area contributed by atoms with Crippen LogP contribution in [0.5, 0.6) is 0 Å². The Balaban J connectivity index is 2.19. The van der Waals surface area contributed by atoms with Crippen LogP contribution >= 0.6 is 0 Å². The Morgan fingerprint density at radius 3 is 2.86 bits per heavy atom. The first-order valence-electron chi connectivity index (χ1n) is 6.35. The first-order valence-corrected chi connectivity index (χ1v) is 6.35. The van der Waals surface area contributed by atoms with E-state index in [2.05, 4.69) is 20.3 Å². The molecule has 1 aliphatic heterocycles. The molecule has 1 saturated heterocycles. The van der Waals surface area contributed by atoms with Gasteiger partial charge in [0.15, 0.2) is 17.6 Å². The number of rotatable bonds is 4. The van der Waals surface area contributed by atoms with Crippen LogP contribution in [0.4, 0.5) is 5.82 Å². The summed E-state index contributed by atoms with van der Waals surface area (Å²) in [6.07, 6.45) is -1.36. The van der Waals surface area contributed by atoms with Gasteiger partial charge in [-0.1, -0.05) is 0 Å². The van der Waals surface area contributed by atoms with E-state index >= 15 is 0 Å². The number of nitrogens with one attached hydrogen (secondary N) is 1. The van der Waals surface area contributed by atoms with Gasteiger partial charge in [-0.05, 0) is 0 Å². The Hall–Kier alpha value is -2.34. The van der Waals surface area contributed by atoms with E-state index in [0.29, 0.717) is 6.41 Å². The average molecular weight is 310 g/mol. The van der Waals surface area contributed by atoms with Crippen molar-refractivity contribution in [1.82, 2.24) is 24.8 Å². The number of hydrogen-bond acceptors (Lipinski definition) is 9. The van der Waals surface area contributed by atoms with E-state index in [-0.39, 0.29) is 17.0 Å². The number of amides is 1. The van der Waals surface area contributed by atoms with Crippen molar-refractivity contribution >= 4 is 23.4 Å². The molecule has 2 aromatic rings. The van der Waals surface area contributed by atoms with E-state index in [1.807, 2.05) is 0 Å². The van der Waals surface area contributed by atoms with E-state index < -0.39 is 30.8 Å². The van der Waals surface area contributed by atoms with Crippen LogP contribution in [0.3, 0.4) is 0 Å². The highest BCUT2D eigenvalue weighted by molar-refractivity contribution is 5.81. The number of ether oxygens (including phenoxy) is 1. The predicted octanol–water partition coefficient (Wildman–Crippen LogP) is -3.12. The van der Waals surface area contributed by atoms with Crippen LogP contribution in [0, 0.1) is 0 Å². The minimum Gasteiger partial charge on any atom is -0.394 e. The van der Waals surface area contributed by atoms with Crippen molar-refractivity contribution < 1.29 is 24.9 Å². The number of nitrogen functional groups attached to an aromatic ring is 1. The molecule has 0 radical (unpaired) electrons. The van der Waals surface area contributed by atoms with Crippen LogP contribution in [-0.4, -0.2) is 66.2 Å². The first-order chi connectivity index (χ1) is 10.5. The van der Waals surface area contributed by atoms with E-state index in [9.17, 15) is 20.1 Å². The molecule has 3 rings (SSSR count). The van der Waals surface area contributed by atoms with Crippen LogP contribution in [0.2, 0.25) is 0 Å². The molecule has 11 heteroatoms. The molecule has 2 aromatic heterocycles. The third kappa shape index (κ3) is 1.84. The van der Waals surface area contributed by atoms with Gasteiger partial charge in [0.2, 0.25) is 6.41 Å². The van der Waals surface area contributed by atoms with Crippen molar-refractivity contribution in [2.45, 2.75) is 24.2 Å². The Kier molecular flexibility index (Phi) is 3.41. The van der Waals surface area contributed by atoms with E-state index in [0.717, 1.165) is 0 Å². The molecular formula is C11H14N6O5. The standard InChI is InChI=1S/C11H14N6O5/c12-9-6-10(14-2-13-9)17(3-15-6)11(16-4-19)8(21)7(20)5(1-18)22-11/h2-5,7-8,18,20-21H,1H2,(H,16,19)(H2,12,13,14)/t5-,7-,8-,11+/m1/s1. The highest BCUT2D eigenvalue weighted by Gasteiger charge is 2.56.